The molecule has 116 valence electrons. The minimum absolute atomic E-state index is 0.0667. The monoisotopic (exact) mass is 311 g/mol. The summed E-state index contributed by atoms with van der Waals surface area (Å²) in [7, 11) is 0. The van der Waals surface area contributed by atoms with Crippen molar-refractivity contribution in [3.8, 4) is 0 Å². The minimum Gasteiger partial charge on any atom is -0.345 e. The molecule has 2 N–H and O–H groups in total. The van der Waals surface area contributed by atoms with Crippen molar-refractivity contribution in [3.63, 3.8) is 0 Å². The molecule has 0 fully saturated rings. The van der Waals surface area contributed by atoms with E-state index in [4.69, 9.17) is 0 Å². The van der Waals surface area contributed by atoms with E-state index in [0.29, 0.717) is 11.3 Å². The number of anilines is 1. The first-order chi connectivity index (χ1) is 11.1. The third-order valence-electron chi connectivity index (χ3n) is 3.45. The van der Waals surface area contributed by atoms with E-state index >= 15 is 0 Å². The van der Waals surface area contributed by atoms with Crippen LogP contribution in [0.3, 0.4) is 0 Å². The summed E-state index contributed by atoms with van der Waals surface area (Å²) >= 11 is 0. The molecule has 1 amide bonds. The van der Waals surface area contributed by atoms with Crippen LogP contribution in [0.4, 0.5) is 10.1 Å². The van der Waals surface area contributed by atoms with Crippen LogP contribution >= 0.6 is 0 Å². The number of hydrogen-bond donors (Lipinski definition) is 2. The number of nitrogens with zero attached hydrogens (tertiary/aromatic N) is 1. The van der Waals surface area contributed by atoms with E-state index in [0.717, 1.165) is 11.0 Å². The molecule has 0 aliphatic heterocycles. The van der Waals surface area contributed by atoms with Gasteiger partial charge in [-0.2, -0.15) is 0 Å². The average molecular weight is 311 g/mol. The number of rotatable bonds is 5. The molecule has 1 aromatic heterocycles. The van der Waals surface area contributed by atoms with E-state index in [1.54, 1.807) is 24.5 Å². The fourth-order valence-electron chi connectivity index (χ4n) is 2.24. The summed E-state index contributed by atoms with van der Waals surface area (Å²) in [5.74, 6) is -0.836. The summed E-state index contributed by atoms with van der Waals surface area (Å²) in [6.07, 6.45) is 1.72. The predicted octanol–water partition coefficient (Wildman–Crippen LogP) is 3.30. The number of imidazole rings is 1. The van der Waals surface area contributed by atoms with Gasteiger partial charge in [-0.1, -0.05) is 0 Å². The van der Waals surface area contributed by atoms with Crippen molar-refractivity contribution in [1.82, 2.24) is 9.97 Å². The zero-order valence-electron chi connectivity index (χ0n) is 12.2. The Labute approximate surface area is 131 Å². The van der Waals surface area contributed by atoms with Crippen LogP contribution in [0, 0.1) is 5.82 Å². The van der Waals surface area contributed by atoms with Crippen molar-refractivity contribution >= 4 is 28.4 Å². The quantitative estimate of drug-likeness (QED) is 0.710. The van der Waals surface area contributed by atoms with Crippen molar-refractivity contribution < 1.29 is 14.0 Å². The van der Waals surface area contributed by atoms with E-state index in [2.05, 4.69) is 15.3 Å². The Morgan fingerprint density at radius 2 is 1.87 bits per heavy atom. The normalized spacial score (nSPS) is 10.7. The van der Waals surface area contributed by atoms with Crippen LogP contribution in [-0.4, -0.2) is 21.7 Å². The number of nitrogens with one attached hydrogen (secondary N) is 2. The van der Waals surface area contributed by atoms with Gasteiger partial charge in [0.2, 0.25) is 5.91 Å². The molecule has 0 aliphatic carbocycles. The average Bonchev–Trinajstić information content (AvgIpc) is 3.01. The summed E-state index contributed by atoms with van der Waals surface area (Å²) in [4.78, 5) is 30.9. The number of hydrogen-bond acceptors (Lipinski definition) is 3. The largest absolute Gasteiger partial charge is 0.345 e. The molecule has 2 aromatic carbocycles. The second-order valence-corrected chi connectivity index (χ2v) is 5.11. The lowest BCUT2D eigenvalue weighted by Crippen LogP contribution is -2.13. The number of ketones is 1. The Kier molecular flexibility index (Phi) is 4.14. The topological polar surface area (TPSA) is 74.8 Å². The van der Waals surface area contributed by atoms with Gasteiger partial charge in [0.05, 0.1) is 17.4 Å². The number of aromatic amines is 1. The standard InChI is InChI=1S/C17H14FN3O2/c18-12-3-1-11(2-4-12)16(22)7-8-17(23)21-13-5-6-14-15(9-13)20-10-19-14/h1-6,9-10H,7-8H2,(H,19,20)(H,21,23). The zero-order chi connectivity index (χ0) is 16.2. The van der Waals surface area contributed by atoms with Crippen LogP contribution in [0.15, 0.2) is 48.8 Å². The molecule has 0 spiro atoms. The SMILES string of the molecule is O=C(CCC(=O)c1ccc(F)cc1)Nc1ccc2nc[nH]c2c1. The smallest absolute Gasteiger partial charge is 0.224 e. The molecule has 0 saturated heterocycles. The number of aromatic nitrogens is 2. The molecule has 0 unspecified atom stereocenters. The molecule has 1 heterocycles. The summed E-state index contributed by atoms with van der Waals surface area (Å²) < 4.78 is 12.8. The molecule has 5 nitrogen and oxygen atoms in total. The van der Waals surface area contributed by atoms with Crippen LogP contribution in [0.25, 0.3) is 11.0 Å². The van der Waals surface area contributed by atoms with Crippen molar-refractivity contribution in [2.24, 2.45) is 0 Å². The molecule has 0 radical (unpaired) electrons. The summed E-state index contributed by atoms with van der Waals surface area (Å²) in [6.45, 7) is 0. The Hall–Kier alpha value is -3.02. The maximum absolute atomic E-state index is 12.8. The lowest BCUT2D eigenvalue weighted by Gasteiger charge is -2.05. The van der Waals surface area contributed by atoms with Gasteiger partial charge in [0.1, 0.15) is 5.82 Å². The highest BCUT2D eigenvalue weighted by Gasteiger charge is 2.10. The Balaban J connectivity index is 1.56. The predicted molar refractivity (Wildman–Crippen MR) is 84.7 cm³/mol. The third kappa shape index (κ3) is 3.60. The zero-order valence-corrected chi connectivity index (χ0v) is 12.2. The molecule has 0 aliphatic rings. The minimum atomic E-state index is -0.395. The van der Waals surface area contributed by atoms with Crippen molar-refractivity contribution in [2.75, 3.05) is 5.32 Å². The number of Topliss-reactive ketones (excluding diaryl/α,β-unsaturated/α-hetero) is 1. The van der Waals surface area contributed by atoms with Crippen LogP contribution < -0.4 is 5.32 Å². The molecular formula is C17H14FN3O2. The second-order valence-electron chi connectivity index (χ2n) is 5.11. The van der Waals surface area contributed by atoms with Crippen LogP contribution in [0.2, 0.25) is 0 Å². The van der Waals surface area contributed by atoms with Gasteiger partial charge in [-0.3, -0.25) is 9.59 Å². The molecular weight excluding hydrogens is 297 g/mol. The first-order valence-corrected chi connectivity index (χ1v) is 7.13. The molecule has 0 saturated carbocycles. The van der Waals surface area contributed by atoms with Gasteiger partial charge in [-0.25, -0.2) is 9.37 Å². The molecule has 3 rings (SSSR count). The van der Waals surface area contributed by atoms with E-state index in [9.17, 15) is 14.0 Å². The third-order valence-corrected chi connectivity index (χ3v) is 3.45. The molecule has 0 atom stereocenters. The lowest BCUT2D eigenvalue weighted by molar-refractivity contribution is -0.116. The highest BCUT2D eigenvalue weighted by atomic mass is 19.1. The number of fused-ring (bicyclic) bond motifs is 1. The van der Waals surface area contributed by atoms with Gasteiger partial charge in [-0.05, 0) is 42.5 Å². The molecule has 6 heteroatoms. The van der Waals surface area contributed by atoms with Gasteiger partial charge in [0.15, 0.2) is 5.78 Å². The first kappa shape index (κ1) is 14.9. The van der Waals surface area contributed by atoms with Crippen molar-refractivity contribution in [3.05, 3.63) is 60.2 Å². The number of carbonyl (C=O) groups excluding carboxylic acids is 2. The van der Waals surface area contributed by atoms with Crippen molar-refractivity contribution in [1.29, 1.82) is 0 Å². The lowest BCUT2D eigenvalue weighted by atomic mass is 10.1. The first-order valence-electron chi connectivity index (χ1n) is 7.13. The molecule has 23 heavy (non-hydrogen) atoms. The Morgan fingerprint density at radius 1 is 1.09 bits per heavy atom. The fraction of sp³-hybridized carbons (Fsp3) is 0.118. The maximum atomic E-state index is 12.8. The van der Waals surface area contributed by atoms with Crippen LogP contribution in [-0.2, 0) is 4.79 Å². The highest BCUT2D eigenvalue weighted by molar-refractivity contribution is 6.00. The van der Waals surface area contributed by atoms with E-state index in [-0.39, 0.29) is 24.5 Å². The van der Waals surface area contributed by atoms with Crippen LogP contribution in [0.1, 0.15) is 23.2 Å². The van der Waals surface area contributed by atoms with Gasteiger partial charge in [0.25, 0.3) is 0 Å². The summed E-state index contributed by atoms with van der Waals surface area (Å²) in [5.41, 5.74) is 2.68. The van der Waals surface area contributed by atoms with Gasteiger partial charge >= 0.3 is 0 Å². The van der Waals surface area contributed by atoms with E-state index < -0.39 is 5.82 Å². The second kappa shape index (κ2) is 6.39. The number of benzene rings is 2. The number of halogens is 1. The Bertz CT molecular complexity index is 856. The number of H-pyrrole nitrogens is 1. The van der Waals surface area contributed by atoms with Gasteiger partial charge in [0, 0.05) is 24.1 Å². The van der Waals surface area contributed by atoms with Gasteiger partial charge < -0.3 is 10.3 Å². The summed E-state index contributed by atoms with van der Waals surface area (Å²) in [5, 5.41) is 2.74. The van der Waals surface area contributed by atoms with Crippen molar-refractivity contribution in [2.45, 2.75) is 12.8 Å². The van der Waals surface area contributed by atoms with Crippen LogP contribution in [0.5, 0.6) is 0 Å². The number of carbonyl (C=O) groups is 2. The van der Waals surface area contributed by atoms with Gasteiger partial charge in [-0.15, -0.1) is 0 Å². The highest BCUT2D eigenvalue weighted by Crippen LogP contribution is 2.16. The maximum Gasteiger partial charge on any atom is 0.224 e. The summed E-state index contributed by atoms with van der Waals surface area (Å²) in [6, 6.07) is 10.6. The molecule has 0 bridgehead atoms. The Morgan fingerprint density at radius 3 is 2.65 bits per heavy atom. The van der Waals surface area contributed by atoms with E-state index in [1.807, 2.05) is 0 Å². The number of amides is 1. The van der Waals surface area contributed by atoms with E-state index in [1.165, 1.54) is 24.3 Å². The molecule has 3 aromatic rings. The fourth-order valence-corrected chi connectivity index (χ4v) is 2.24.